The number of sulfonamides is 1. The number of carbonyl (C=O) groups is 1. The van der Waals surface area contributed by atoms with E-state index in [1.54, 1.807) is 49.4 Å². The Balaban J connectivity index is 1.58. The largest absolute Gasteiger partial charge is 0.320 e. The van der Waals surface area contributed by atoms with Crippen LogP contribution in [0.15, 0.2) is 83.8 Å². The summed E-state index contributed by atoms with van der Waals surface area (Å²) in [4.78, 5) is 23.4. The molecule has 0 radical (unpaired) electrons. The Hall–Kier alpha value is -4.58. The van der Waals surface area contributed by atoms with Crippen LogP contribution in [0.3, 0.4) is 0 Å². The minimum Gasteiger partial charge on any atom is -0.320 e. The number of hydrogen-bond donors (Lipinski definition) is 1. The van der Waals surface area contributed by atoms with Gasteiger partial charge in [0.05, 0.1) is 26.9 Å². The first-order chi connectivity index (χ1) is 16.7. The molecule has 1 amide bonds. The fourth-order valence-electron chi connectivity index (χ4n) is 3.38. The molecule has 0 saturated carbocycles. The number of carbonyl (C=O) groups excluding carboxylic acids is 1. The first-order valence-corrected chi connectivity index (χ1v) is 11.7. The lowest BCUT2D eigenvalue weighted by Crippen LogP contribution is -2.26. The second kappa shape index (κ2) is 9.35. The van der Waals surface area contributed by atoms with E-state index in [0.717, 1.165) is 4.31 Å². The highest BCUT2D eigenvalue weighted by molar-refractivity contribution is 7.92. The van der Waals surface area contributed by atoms with Crippen LogP contribution < -0.4 is 9.62 Å². The molecular weight excluding hydrogens is 472 g/mol. The summed E-state index contributed by atoms with van der Waals surface area (Å²) in [6.07, 6.45) is 0. The van der Waals surface area contributed by atoms with Gasteiger partial charge < -0.3 is 5.32 Å². The number of anilines is 2. The Morgan fingerprint density at radius 2 is 1.74 bits per heavy atom. The topological polar surface area (TPSA) is 140 Å². The van der Waals surface area contributed by atoms with E-state index in [1.165, 1.54) is 48.1 Å². The third-order valence-electron chi connectivity index (χ3n) is 5.26. The molecule has 4 rings (SSSR count). The number of hydrogen-bond acceptors (Lipinski definition) is 7. The summed E-state index contributed by atoms with van der Waals surface area (Å²) in [5.74, 6) is -0.606. The smallest absolute Gasteiger partial charge is 0.278 e. The molecule has 0 bridgehead atoms. The average Bonchev–Trinajstić information content (AvgIpc) is 3.25. The van der Waals surface area contributed by atoms with Gasteiger partial charge in [-0.05, 0) is 43.3 Å². The van der Waals surface area contributed by atoms with Crippen LogP contribution in [0.1, 0.15) is 16.2 Å². The average molecular weight is 493 g/mol. The number of aromatic nitrogens is 3. The number of nitrogens with zero attached hydrogens (tertiary/aromatic N) is 5. The first kappa shape index (κ1) is 23.6. The zero-order valence-corrected chi connectivity index (χ0v) is 19.5. The molecule has 1 aromatic heterocycles. The van der Waals surface area contributed by atoms with Gasteiger partial charge in [-0.2, -0.15) is 0 Å². The number of nitrogens with one attached hydrogen (secondary N) is 1. The Bertz CT molecular complexity index is 1520. The number of amides is 1. The number of nitro groups is 1. The molecule has 0 aliphatic rings. The Labute approximate surface area is 200 Å². The Morgan fingerprint density at radius 3 is 2.46 bits per heavy atom. The summed E-state index contributed by atoms with van der Waals surface area (Å²) in [6.45, 7) is 1.60. The molecule has 12 heteroatoms. The van der Waals surface area contributed by atoms with Crippen molar-refractivity contribution in [3.8, 4) is 5.69 Å². The van der Waals surface area contributed by atoms with Crippen LogP contribution in [0.5, 0.6) is 0 Å². The molecule has 4 aromatic rings. The van der Waals surface area contributed by atoms with E-state index in [-0.39, 0.29) is 22.0 Å². The molecule has 0 unspecified atom stereocenters. The van der Waals surface area contributed by atoms with Crippen LogP contribution >= 0.6 is 0 Å². The molecule has 0 aliphatic heterocycles. The van der Waals surface area contributed by atoms with Gasteiger partial charge >= 0.3 is 0 Å². The van der Waals surface area contributed by atoms with Crippen molar-refractivity contribution in [3.05, 3.63) is 100 Å². The van der Waals surface area contributed by atoms with Crippen LogP contribution in [0.25, 0.3) is 5.69 Å². The fourth-order valence-corrected chi connectivity index (χ4v) is 4.62. The second-order valence-corrected chi connectivity index (χ2v) is 9.47. The molecule has 0 aliphatic carbocycles. The van der Waals surface area contributed by atoms with Crippen LogP contribution in [-0.2, 0) is 10.0 Å². The van der Waals surface area contributed by atoms with Crippen molar-refractivity contribution in [2.75, 3.05) is 16.7 Å². The van der Waals surface area contributed by atoms with Crippen molar-refractivity contribution in [1.82, 2.24) is 15.0 Å². The van der Waals surface area contributed by atoms with Crippen molar-refractivity contribution >= 4 is 33.0 Å². The monoisotopic (exact) mass is 492 g/mol. The van der Waals surface area contributed by atoms with Gasteiger partial charge in [0.1, 0.15) is 0 Å². The lowest BCUT2D eigenvalue weighted by Gasteiger charge is -2.19. The Morgan fingerprint density at radius 1 is 1.03 bits per heavy atom. The van der Waals surface area contributed by atoms with Gasteiger partial charge in [-0.3, -0.25) is 19.2 Å². The van der Waals surface area contributed by atoms with Crippen LogP contribution in [-0.4, -0.2) is 41.3 Å². The molecule has 0 saturated heterocycles. The van der Waals surface area contributed by atoms with Gasteiger partial charge in [-0.15, -0.1) is 5.10 Å². The van der Waals surface area contributed by atoms with Crippen molar-refractivity contribution in [1.29, 1.82) is 0 Å². The first-order valence-electron chi connectivity index (χ1n) is 10.3. The quantitative estimate of drug-likeness (QED) is 0.307. The van der Waals surface area contributed by atoms with E-state index < -0.39 is 20.9 Å². The zero-order chi connectivity index (χ0) is 25.2. The lowest BCUT2D eigenvalue weighted by molar-refractivity contribution is -0.384. The lowest BCUT2D eigenvalue weighted by atomic mass is 10.2. The van der Waals surface area contributed by atoms with Crippen LogP contribution in [0.4, 0.5) is 17.1 Å². The minimum atomic E-state index is -3.87. The van der Waals surface area contributed by atoms with E-state index in [4.69, 9.17) is 0 Å². The molecule has 11 nitrogen and oxygen atoms in total. The van der Waals surface area contributed by atoms with Gasteiger partial charge in [-0.25, -0.2) is 13.1 Å². The number of benzene rings is 3. The number of para-hydroxylation sites is 1. The maximum absolute atomic E-state index is 13.1. The van der Waals surface area contributed by atoms with E-state index in [0.29, 0.717) is 17.1 Å². The third-order valence-corrected chi connectivity index (χ3v) is 7.05. The highest BCUT2D eigenvalue weighted by Gasteiger charge is 2.23. The van der Waals surface area contributed by atoms with Crippen molar-refractivity contribution < 1.29 is 18.1 Å². The molecule has 3 aromatic carbocycles. The molecule has 0 atom stereocenters. The van der Waals surface area contributed by atoms with Crippen molar-refractivity contribution in [2.24, 2.45) is 0 Å². The van der Waals surface area contributed by atoms with Crippen LogP contribution in [0.2, 0.25) is 0 Å². The summed E-state index contributed by atoms with van der Waals surface area (Å²) in [7, 11) is -2.42. The number of nitro benzene ring substituents is 1. The fraction of sp³-hybridized carbons (Fsp3) is 0.0870. The maximum atomic E-state index is 13.1. The highest BCUT2D eigenvalue weighted by atomic mass is 32.2. The molecule has 1 heterocycles. The normalized spacial score (nSPS) is 11.1. The number of rotatable bonds is 7. The predicted molar refractivity (Wildman–Crippen MR) is 129 cm³/mol. The summed E-state index contributed by atoms with van der Waals surface area (Å²) >= 11 is 0. The van der Waals surface area contributed by atoms with Gasteiger partial charge in [0.15, 0.2) is 5.69 Å². The van der Waals surface area contributed by atoms with E-state index in [2.05, 4.69) is 15.6 Å². The van der Waals surface area contributed by atoms with Crippen LogP contribution in [0, 0.1) is 17.0 Å². The third kappa shape index (κ3) is 4.73. The van der Waals surface area contributed by atoms with E-state index in [9.17, 15) is 23.3 Å². The predicted octanol–water partition coefficient (Wildman–Crippen LogP) is 3.56. The summed E-state index contributed by atoms with van der Waals surface area (Å²) in [6, 6.07) is 20.3. The standard InChI is InChI=1S/C23H20N6O5S/c1-16-22(25-26-28(16)19-11-7-12-20(15-19)29(31)32)23(30)24-17-8-6-13-21(14-17)35(33,34)27(2)18-9-4-3-5-10-18/h3-15H,1-2H3,(H,24,30). The number of non-ortho nitro benzene ring substituents is 1. The van der Waals surface area contributed by atoms with Crippen molar-refractivity contribution in [3.63, 3.8) is 0 Å². The summed E-state index contributed by atoms with van der Waals surface area (Å²) < 4.78 is 28.6. The van der Waals surface area contributed by atoms with Crippen molar-refractivity contribution in [2.45, 2.75) is 11.8 Å². The SMILES string of the molecule is Cc1c(C(=O)Nc2cccc(S(=O)(=O)N(C)c3ccccc3)c2)nnn1-c1cccc([N+](=O)[O-])c1. The van der Waals surface area contributed by atoms with Gasteiger partial charge in [0.2, 0.25) is 0 Å². The summed E-state index contributed by atoms with van der Waals surface area (Å²) in [5.41, 5.74) is 1.35. The van der Waals surface area contributed by atoms with E-state index in [1.807, 2.05) is 0 Å². The molecular formula is C23H20N6O5S. The maximum Gasteiger partial charge on any atom is 0.278 e. The van der Waals surface area contributed by atoms with E-state index >= 15 is 0 Å². The molecule has 0 fully saturated rings. The minimum absolute atomic E-state index is 0.00127. The second-order valence-electron chi connectivity index (χ2n) is 7.50. The van der Waals surface area contributed by atoms with Gasteiger partial charge in [0.25, 0.3) is 21.6 Å². The molecule has 1 N–H and O–H groups in total. The molecule has 178 valence electrons. The van der Waals surface area contributed by atoms with Gasteiger partial charge in [-0.1, -0.05) is 35.5 Å². The highest BCUT2D eigenvalue weighted by Crippen LogP contribution is 2.24. The summed E-state index contributed by atoms with van der Waals surface area (Å²) in [5, 5.41) is 21.5. The zero-order valence-electron chi connectivity index (χ0n) is 18.7. The van der Waals surface area contributed by atoms with Gasteiger partial charge in [0, 0.05) is 24.9 Å². The molecule has 0 spiro atoms. The Kier molecular flexibility index (Phi) is 6.30. The molecule has 35 heavy (non-hydrogen) atoms.